The molecule has 1 aliphatic carbocycles. The minimum Gasteiger partial charge on any atom is -0.467 e. The van der Waals surface area contributed by atoms with Crippen LogP contribution in [0.3, 0.4) is 0 Å². The van der Waals surface area contributed by atoms with Crippen LogP contribution in [0.15, 0.2) is 22.8 Å². The monoisotopic (exact) mass is 362 g/mol. The standard InChI is InChI=1S/C20H30N2O4/c1-15(2)11-22(20(24)16-7-8-16)14-19(23)21(12-17-5-3-9-25-17)13-18-6-4-10-26-18/h3,5,9,15-16,18H,4,6-8,10-14H2,1-2H3/t18-/m0/s1. The molecular formula is C20H30N2O4. The Morgan fingerprint density at radius 3 is 2.62 bits per heavy atom. The van der Waals surface area contributed by atoms with Crippen molar-refractivity contribution in [3.8, 4) is 0 Å². The first-order valence-electron chi connectivity index (χ1n) is 9.73. The van der Waals surface area contributed by atoms with Gasteiger partial charge in [0.25, 0.3) is 0 Å². The van der Waals surface area contributed by atoms with Crippen LogP contribution in [-0.2, 0) is 20.9 Å². The number of carbonyl (C=O) groups excluding carboxylic acids is 2. The van der Waals surface area contributed by atoms with Gasteiger partial charge in [-0.3, -0.25) is 9.59 Å². The SMILES string of the molecule is CC(C)CN(CC(=O)N(Cc1ccco1)C[C@@H]1CCCO1)C(=O)C1CC1. The van der Waals surface area contributed by atoms with Gasteiger partial charge in [0.15, 0.2) is 0 Å². The van der Waals surface area contributed by atoms with Gasteiger partial charge in [0, 0.05) is 25.6 Å². The van der Waals surface area contributed by atoms with Crippen LogP contribution in [0.25, 0.3) is 0 Å². The predicted molar refractivity (Wildman–Crippen MR) is 97.2 cm³/mol. The Hall–Kier alpha value is -1.82. The second-order valence-corrected chi connectivity index (χ2v) is 7.88. The first kappa shape index (κ1) is 19.0. The summed E-state index contributed by atoms with van der Waals surface area (Å²) in [6.45, 7) is 6.63. The topological polar surface area (TPSA) is 63.0 Å². The van der Waals surface area contributed by atoms with Crippen molar-refractivity contribution in [3.05, 3.63) is 24.2 Å². The quantitative estimate of drug-likeness (QED) is 0.678. The van der Waals surface area contributed by atoms with E-state index in [0.717, 1.165) is 38.1 Å². The second-order valence-electron chi connectivity index (χ2n) is 7.88. The molecule has 3 rings (SSSR count). The highest BCUT2D eigenvalue weighted by atomic mass is 16.5. The third kappa shape index (κ3) is 5.34. The molecule has 0 radical (unpaired) electrons. The van der Waals surface area contributed by atoms with E-state index in [1.165, 1.54) is 0 Å². The summed E-state index contributed by atoms with van der Waals surface area (Å²) in [4.78, 5) is 29.1. The van der Waals surface area contributed by atoms with E-state index in [4.69, 9.17) is 9.15 Å². The zero-order valence-corrected chi connectivity index (χ0v) is 15.9. The number of furan rings is 1. The molecule has 0 N–H and O–H groups in total. The van der Waals surface area contributed by atoms with Gasteiger partial charge in [0.1, 0.15) is 5.76 Å². The third-order valence-corrected chi connectivity index (χ3v) is 4.88. The summed E-state index contributed by atoms with van der Waals surface area (Å²) in [5.41, 5.74) is 0. The van der Waals surface area contributed by atoms with E-state index >= 15 is 0 Å². The van der Waals surface area contributed by atoms with Crippen molar-refractivity contribution in [2.45, 2.75) is 52.2 Å². The number of nitrogens with zero attached hydrogens (tertiary/aromatic N) is 2. The lowest BCUT2D eigenvalue weighted by Crippen LogP contribution is -2.46. The molecule has 2 fully saturated rings. The van der Waals surface area contributed by atoms with E-state index in [0.29, 0.717) is 25.6 Å². The van der Waals surface area contributed by atoms with Crippen LogP contribution in [0.2, 0.25) is 0 Å². The van der Waals surface area contributed by atoms with Gasteiger partial charge >= 0.3 is 0 Å². The van der Waals surface area contributed by atoms with Crippen LogP contribution in [0.5, 0.6) is 0 Å². The lowest BCUT2D eigenvalue weighted by molar-refractivity contribution is -0.143. The maximum Gasteiger partial charge on any atom is 0.242 e. The van der Waals surface area contributed by atoms with Gasteiger partial charge in [-0.05, 0) is 43.7 Å². The third-order valence-electron chi connectivity index (χ3n) is 4.88. The molecule has 1 aromatic rings. The average Bonchev–Trinajstić information content (AvgIpc) is 3.08. The minimum atomic E-state index is -0.0356. The molecule has 6 heteroatoms. The van der Waals surface area contributed by atoms with Gasteiger partial charge in [-0.15, -0.1) is 0 Å². The maximum atomic E-state index is 13.0. The summed E-state index contributed by atoms with van der Waals surface area (Å²) in [6.07, 6.45) is 5.60. The molecular weight excluding hydrogens is 332 g/mol. The van der Waals surface area contributed by atoms with Crippen LogP contribution >= 0.6 is 0 Å². The van der Waals surface area contributed by atoms with Crippen molar-refractivity contribution in [1.29, 1.82) is 0 Å². The highest BCUT2D eigenvalue weighted by Gasteiger charge is 2.35. The molecule has 1 atom stereocenters. The predicted octanol–water partition coefficient (Wildman–Crippen LogP) is 2.68. The Bertz CT molecular complexity index is 589. The Morgan fingerprint density at radius 1 is 1.23 bits per heavy atom. The highest BCUT2D eigenvalue weighted by Crippen LogP contribution is 2.31. The molecule has 2 aliphatic rings. The van der Waals surface area contributed by atoms with Gasteiger partial charge < -0.3 is 19.0 Å². The summed E-state index contributed by atoms with van der Waals surface area (Å²) in [6, 6.07) is 3.70. The molecule has 1 saturated carbocycles. The molecule has 0 unspecified atom stereocenters. The summed E-state index contributed by atoms with van der Waals surface area (Å²) >= 11 is 0. The van der Waals surface area contributed by atoms with Crippen molar-refractivity contribution in [2.75, 3.05) is 26.2 Å². The molecule has 0 spiro atoms. The average molecular weight is 362 g/mol. The van der Waals surface area contributed by atoms with Crippen molar-refractivity contribution >= 4 is 11.8 Å². The van der Waals surface area contributed by atoms with Gasteiger partial charge in [-0.1, -0.05) is 13.8 Å². The molecule has 0 aromatic carbocycles. The summed E-state index contributed by atoms with van der Waals surface area (Å²) in [7, 11) is 0. The molecule has 2 heterocycles. The molecule has 1 aromatic heterocycles. The molecule has 1 aliphatic heterocycles. The normalized spacial score (nSPS) is 19.7. The maximum absolute atomic E-state index is 13.0. The molecule has 144 valence electrons. The largest absolute Gasteiger partial charge is 0.467 e. The summed E-state index contributed by atoms with van der Waals surface area (Å²) in [5.74, 6) is 1.30. The van der Waals surface area contributed by atoms with E-state index in [9.17, 15) is 9.59 Å². The lowest BCUT2D eigenvalue weighted by atomic mass is 10.2. The summed E-state index contributed by atoms with van der Waals surface area (Å²) < 4.78 is 11.1. The molecule has 6 nitrogen and oxygen atoms in total. The fourth-order valence-electron chi connectivity index (χ4n) is 3.40. The fraction of sp³-hybridized carbons (Fsp3) is 0.700. The number of carbonyl (C=O) groups is 2. The van der Waals surface area contributed by atoms with E-state index in [1.807, 2.05) is 12.1 Å². The van der Waals surface area contributed by atoms with Crippen molar-refractivity contribution in [1.82, 2.24) is 9.80 Å². The molecule has 1 saturated heterocycles. The summed E-state index contributed by atoms with van der Waals surface area (Å²) in [5, 5.41) is 0. The van der Waals surface area contributed by atoms with Gasteiger partial charge in [0.05, 0.1) is 25.5 Å². The van der Waals surface area contributed by atoms with Gasteiger partial charge in [0.2, 0.25) is 11.8 Å². The zero-order valence-electron chi connectivity index (χ0n) is 15.9. The number of hydrogen-bond acceptors (Lipinski definition) is 4. The van der Waals surface area contributed by atoms with Crippen LogP contribution < -0.4 is 0 Å². The first-order chi connectivity index (χ1) is 12.5. The zero-order chi connectivity index (χ0) is 18.5. The number of rotatable bonds is 9. The van der Waals surface area contributed by atoms with Crippen LogP contribution in [0, 0.1) is 11.8 Å². The van der Waals surface area contributed by atoms with Gasteiger partial charge in [-0.25, -0.2) is 0 Å². The van der Waals surface area contributed by atoms with E-state index in [-0.39, 0.29) is 30.4 Å². The van der Waals surface area contributed by atoms with Gasteiger partial charge in [-0.2, -0.15) is 0 Å². The fourth-order valence-corrected chi connectivity index (χ4v) is 3.40. The second kappa shape index (κ2) is 8.71. The number of ether oxygens (including phenoxy) is 1. The number of amides is 2. The first-order valence-corrected chi connectivity index (χ1v) is 9.73. The Balaban J connectivity index is 1.66. The molecule has 2 amide bonds. The molecule has 0 bridgehead atoms. The minimum absolute atomic E-state index is 0.0356. The van der Waals surface area contributed by atoms with Crippen LogP contribution in [0.4, 0.5) is 0 Å². The lowest BCUT2D eigenvalue weighted by Gasteiger charge is -2.29. The number of hydrogen-bond donors (Lipinski definition) is 0. The van der Waals surface area contributed by atoms with Crippen molar-refractivity contribution in [2.24, 2.45) is 11.8 Å². The van der Waals surface area contributed by atoms with Crippen LogP contribution in [0.1, 0.15) is 45.3 Å². The van der Waals surface area contributed by atoms with E-state index < -0.39 is 0 Å². The Kier molecular flexibility index (Phi) is 6.35. The molecule has 26 heavy (non-hydrogen) atoms. The highest BCUT2D eigenvalue weighted by molar-refractivity contribution is 5.87. The van der Waals surface area contributed by atoms with Crippen molar-refractivity contribution < 1.29 is 18.7 Å². The van der Waals surface area contributed by atoms with Crippen molar-refractivity contribution in [3.63, 3.8) is 0 Å². The Labute approximate surface area is 155 Å². The van der Waals surface area contributed by atoms with E-state index in [2.05, 4.69) is 13.8 Å². The Morgan fingerprint density at radius 2 is 2.04 bits per heavy atom. The smallest absolute Gasteiger partial charge is 0.242 e. The van der Waals surface area contributed by atoms with E-state index in [1.54, 1.807) is 16.1 Å². The van der Waals surface area contributed by atoms with Crippen LogP contribution in [-0.4, -0.2) is 54.0 Å².